The molecule has 1 aliphatic rings. The molecule has 1 fully saturated rings. The van der Waals surface area contributed by atoms with Crippen molar-refractivity contribution < 1.29 is 19.1 Å². The van der Waals surface area contributed by atoms with E-state index in [4.69, 9.17) is 5.11 Å². The van der Waals surface area contributed by atoms with Gasteiger partial charge in [0.15, 0.2) is 0 Å². The first-order valence-corrected chi connectivity index (χ1v) is 7.01. The van der Waals surface area contributed by atoms with E-state index < -0.39 is 17.3 Å². The SMILES string of the molecule is C[C@@H]1CN(C(=O)C(C)(C)c2ccc(F)cc2)C[C@H]1C(=O)O. The predicted octanol–water partition coefficient (Wildman–Crippen LogP) is 2.28. The van der Waals surface area contributed by atoms with E-state index in [2.05, 4.69) is 0 Å². The van der Waals surface area contributed by atoms with Gasteiger partial charge in [-0.15, -0.1) is 0 Å². The Balaban J connectivity index is 2.19. The Labute approximate surface area is 123 Å². The molecule has 1 heterocycles. The number of nitrogens with zero attached hydrogens (tertiary/aromatic N) is 1. The molecule has 2 atom stereocenters. The normalized spacial score (nSPS) is 22.4. The minimum Gasteiger partial charge on any atom is -0.481 e. The zero-order chi connectivity index (χ0) is 15.8. The monoisotopic (exact) mass is 293 g/mol. The Morgan fingerprint density at radius 2 is 1.81 bits per heavy atom. The molecule has 1 aromatic rings. The Kier molecular flexibility index (Phi) is 4.03. The van der Waals surface area contributed by atoms with Gasteiger partial charge in [-0.25, -0.2) is 4.39 Å². The summed E-state index contributed by atoms with van der Waals surface area (Å²) in [4.78, 5) is 25.5. The number of likely N-dealkylation sites (tertiary alicyclic amines) is 1. The average Bonchev–Trinajstić information content (AvgIpc) is 2.80. The van der Waals surface area contributed by atoms with E-state index in [0.29, 0.717) is 6.54 Å². The zero-order valence-corrected chi connectivity index (χ0v) is 12.5. The molecule has 4 nitrogen and oxygen atoms in total. The summed E-state index contributed by atoms with van der Waals surface area (Å²) in [6, 6.07) is 5.86. The van der Waals surface area contributed by atoms with Crippen molar-refractivity contribution in [2.75, 3.05) is 13.1 Å². The summed E-state index contributed by atoms with van der Waals surface area (Å²) in [5, 5.41) is 9.15. The van der Waals surface area contributed by atoms with Crippen LogP contribution < -0.4 is 0 Å². The van der Waals surface area contributed by atoms with Crippen LogP contribution in [0.5, 0.6) is 0 Å². The van der Waals surface area contributed by atoms with E-state index in [9.17, 15) is 14.0 Å². The molecule has 0 aromatic heterocycles. The highest BCUT2D eigenvalue weighted by Gasteiger charge is 2.42. The van der Waals surface area contributed by atoms with Crippen molar-refractivity contribution in [3.05, 3.63) is 35.6 Å². The summed E-state index contributed by atoms with van der Waals surface area (Å²) in [5.41, 5.74) is -0.0822. The van der Waals surface area contributed by atoms with Crippen LogP contribution in [0.4, 0.5) is 4.39 Å². The maximum absolute atomic E-state index is 13.0. The minimum atomic E-state index is -0.864. The van der Waals surface area contributed by atoms with Gasteiger partial charge >= 0.3 is 5.97 Å². The van der Waals surface area contributed by atoms with Crippen LogP contribution >= 0.6 is 0 Å². The van der Waals surface area contributed by atoms with Gasteiger partial charge in [0.25, 0.3) is 0 Å². The molecular formula is C16H20FNO3. The van der Waals surface area contributed by atoms with Gasteiger partial charge in [0.1, 0.15) is 5.82 Å². The lowest BCUT2D eigenvalue weighted by atomic mass is 9.83. The number of amides is 1. The fourth-order valence-corrected chi connectivity index (χ4v) is 2.84. The van der Waals surface area contributed by atoms with Gasteiger partial charge in [0.05, 0.1) is 11.3 Å². The van der Waals surface area contributed by atoms with Crippen LogP contribution in [-0.2, 0) is 15.0 Å². The zero-order valence-electron chi connectivity index (χ0n) is 12.5. The van der Waals surface area contributed by atoms with E-state index in [1.807, 2.05) is 6.92 Å². The molecule has 0 unspecified atom stereocenters. The molecule has 1 aromatic carbocycles. The van der Waals surface area contributed by atoms with Gasteiger partial charge in [-0.3, -0.25) is 9.59 Å². The summed E-state index contributed by atoms with van der Waals surface area (Å²) in [6.45, 7) is 6.08. The number of halogens is 1. The second-order valence-corrected chi connectivity index (χ2v) is 6.26. The maximum atomic E-state index is 13.0. The molecule has 21 heavy (non-hydrogen) atoms. The van der Waals surface area contributed by atoms with Crippen LogP contribution in [-0.4, -0.2) is 35.0 Å². The van der Waals surface area contributed by atoms with Crippen molar-refractivity contribution in [1.82, 2.24) is 4.90 Å². The van der Waals surface area contributed by atoms with Crippen LogP contribution in [0.15, 0.2) is 24.3 Å². The molecule has 0 bridgehead atoms. The first-order chi connectivity index (χ1) is 9.73. The highest BCUT2D eigenvalue weighted by molar-refractivity contribution is 5.88. The lowest BCUT2D eigenvalue weighted by molar-refractivity contribution is -0.142. The Morgan fingerprint density at radius 1 is 1.24 bits per heavy atom. The Hall–Kier alpha value is -1.91. The van der Waals surface area contributed by atoms with Crippen LogP contribution in [0.2, 0.25) is 0 Å². The molecule has 1 aliphatic heterocycles. The van der Waals surface area contributed by atoms with E-state index >= 15 is 0 Å². The van der Waals surface area contributed by atoms with Crippen molar-refractivity contribution in [3.63, 3.8) is 0 Å². The Morgan fingerprint density at radius 3 is 2.29 bits per heavy atom. The maximum Gasteiger partial charge on any atom is 0.308 e. The van der Waals surface area contributed by atoms with Gasteiger partial charge in [-0.2, -0.15) is 0 Å². The fourth-order valence-electron chi connectivity index (χ4n) is 2.84. The minimum absolute atomic E-state index is 0.0598. The van der Waals surface area contributed by atoms with Crippen molar-refractivity contribution in [1.29, 1.82) is 0 Å². The second kappa shape index (κ2) is 5.47. The molecule has 2 rings (SSSR count). The van der Waals surface area contributed by atoms with Crippen molar-refractivity contribution >= 4 is 11.9 Å². The molecule has 1 N–H and O–H groups in total. The molecule has 5 heteroatoms. The molecule has 0 spiro atoms. The second-order valence-electron chi connectivity index (χ2n) is 6.26. The molecule has 114 valence electrons. The van der Waals surface area contributed by atoms with Gasteiger partial charge < -0.3 is 10.0 Å². The third kappa shape index (κ3) is 2.91. The number of benzene rings is 1. The smallest absolute Gasteiger partial charge is 0.308 e. The summed E-state index contributed by atoms with van der Waals surface area (Å²) in [7, 11) is 0. The molecule has 1 saturated heterocycles. The van der Waals surface area contributed by atoms with Crippen molar-refractivity contribution in [3.8, 4) is 0 Å². The molecule has 0 saturated carbocycles. The van der Waals surface area contributed by atoms with E-state index in [0.717, 1.165) is 5.56 Å². The third-order valence-electron chi connectivity index (χ3n) is 4.32. The topological polar surface area (TPSA) is 57.6 Å². The highest BCUT2D eigenvalue weighted by atomic mass is 19.1. The van der Waals surface area contributed by atoms with Crippen molar-refractivity contribution in [2.45, 2.75) is 26.2 Å². The summed E-state index contributed by atoms with van der Waals surface area (Å²) < 4.78 is 13.0. The Bertz CT molecular complexity index is 553. The van der Waals surface area contributed by atoms with Gasteiger partial charge in [0, 0.05) is 13.1 Å². The molecular weight excluding hydrogens is 273 g/mol. The van der Waals surface area contributed by atoms with Crippen LogP contribution in [0.1, 0.15) is 26.3 Å². The third-order valence-corrected chi connectivity index (χ3v) is 4.32. The standard InChI is InChI=1S/C16H20FNO3/c1-10-8-18(9-13(10)14(19)20)15(21)16(2,3)11-4-6-12(17)7-5-11/h4-7,10,13H,8-9H2,1-3H3,(H,19,20)/t10-,13-/m1/s1. The lowest BCUT2D eigenvalue weighted by Gasteiger charge is -2.29. The lowest BCUT2D eigenvalue weighted by Crippen LogP contribution is -2.42. The van der Waals surface area contributed by atoms with E-state index in [1.165, 1.54) is 12.1 Å². The van der Waals surface area contributed by atoms with Crippen LogP contribution in [0.25, 0.3) is 0 Å². The largest absolute Gasteiger partial charge is 0.481 e. The number of hydrogen-bond acceptors (Lipinski definition) is 2. The van der Waals surface area contributed by atoms with Crippen LogP contribution in [0, 0.1) is 17.7 Å². The molecule has 0 radical (unpaired) electrons. The number of hydrogen-bond donors (Lipinski definition) is 1. The van der Waals surface area contributed by atoms with Gasteiger partial charge in [-0.05, 0) is 37.5 Å². The van der Waals surface area contributed by atoms with Gasteiger partial charge in [-0.1, -0.05) is 19.1 Å². The summed E-state index contributed by atoms with van der Waals surface area (Å²) in [5.74, 6) is -1.90. The van der Waals surface area contributed by atoms with Crippen molar-refractivity contribution in [2.24, 2.45) is 11.8 Å². The quantitative estimate of drug-likeness (QED) is 0.930. The van der Waals surface area contributed by atoms with Crippen LogP contribution in [0.3, 0.4) is 0 Å². The van der Waals surface area contributed by atoms with E-state index in [-0.39, 0.29) is 24.2 Å². The van der Waals surface area contributed by atoms with Gasteiger partial charge in [0.2, 0.25) is 5.91 Å². The molecule has 0 aliphatic carbocycles. The fraction of sp³-hybridized carbons (Fsp3) is 0.500. The number of carboxylic acid groups (broad SMARTS) is 1. The number of carbonyl (C=O) groups excluding carboxylic acids is 1. The first kappa shape index (κ1) is 15.5. The number of rotatable bonds is 3. The van der Waals surface area contributed by atoms with E-state index in [1.54, 1.807) is 30.9 Å². The first-order valence-electron chi connectivity index (χ1n) is 7.01. The number of carboxylic acids is 1. The highest BCUT2D eigenvalue weighted by Crippen LogP contribution is 2.31. The average molecular weight is 293 g/mol. The summed E-state index contributed by atoms with van der Waals surface area (Å²) >= 11 is 0. The predicted molar refractivity (Wildman–Crippen MR) is 76.3 cm³/mol. The molecule has 1 amide bonds. The number of carbonyl (C=O) groups is 2. The summed E-state index contributed by atoms with van der Waals surface area (Å²) in [6.07, 6.45) is 0. The number of aliphatic carboxylic acids is 1.